The van der Waals surface area contributed by atoms with Gasteiger partial charge in [-0.15, -0.1) is 0 Å². The molecule has 0 bridgehead atoms. The zero-order valence-electron chi connectivity index (χ0n) is 13.0. The minimum atomic E-state index is -3.18. The predicted molar refractivity (Wildman–Crippen MR) is 83.0 cm³/mol. The molecule has 0 aliphatic carbocycles. The molecule has 2 aliphatic rings. The summed E-state index contributed by atoms with van der Waals surface area (Å²) in [6, 6.07) is 0. The summed E-state index contributed by atoms with van der Waals surface area (Å²) in [4.78, 5) is 6.93. The van der Waals surface area contributed by atoms with Crippen LogP contribution < -0.4 is 4.72 Å². The maximum absolute atomic E-state index is 11.2. The van der Waals surface area contributed by atoms with Crippen molar-refractivity contribution in [3.05, 3.63) is 17.7 Å². The summed E-state index contributed by atoms with van der Waals surface area (Å²) >= 11 is 0. The number of hydrogen-bond donors (Lipinski definition) is 1. The molecular formula is C14H24N4O3S. The van der Waals surface area contributed by atoms with Gasteiger partial charge in [-0.05, 0) is 12.3 Å². The van der Waals surface area contributed by atoms with Crippen LogP contribution in [-0.2, 0) is 34.3 Å². The van der Waals surface area contributed by atoms with Gasteiger partial charge in [-0.25, -0.2) is 18.1 Å². The van der Waals surface area contributed by atoms with Crippen molar-refractivity contribution in [2.75, 3.05) is 39.1 Å². The van der Waals surface area contributed by atoms with Crippen molar-refractivity contribution in [3.8, 4) is 0 Å². The third-order valence-electron chi connectivity index (χ3n) is 4.37. The van der Waals surface area contributed by atoms with Crippen LogP contribution in [0.1, 0.15) is 17.9 Å². The highest BCUT2D eigenvalue weighted by molar-refractivity contribution is 7.88. The minimum Gasteiger partial charge on any atom is -0.381 e. The standard InChI is InChI=1S/C14H24N4O3S/c1-22(19,20)16-9-13-8-15-14-2-4-17(5-6-18(13)14)10-12-3-7-21-11-12/h8,12,16H,2-7,9-11H2,1H3/t12-/m1/s1. The molecule has 0 radical (unpaired) electrons. The first-order chi connectivity index (χ1) is 10.5. The van der Waals surface area contributed by atoms with Gasteiger partial charge in [-0.3, -0.25) is 0 Å². The van der Waals surface area contributed by atoms with Gasteiger partial charge in [0.05, 0.1) is 25.1 Å². The van der Waals surface area contributed by atoms with E-state index in [0.29, 0.717) is 12.5 Å². The van der Waals surface area contributed by atoms with Crippen molar-refractivity contribution >= 4 is 10.0 Å². The number of nitrogens with one attached hydrogen (secondary N) is 1. The van der Waals surface area contributed by atoms with Gasteiger partial charge < -0.3 is 14.2 Å². The van der Waals surface area contributed by atoms with Crippen molar-refractivity contribution in [1.82, 2.24) is 19.2 Å². The molecule has 8 heteroatoms. The van der Waals surface area contributed by atoms with Gasteiger partial charge in [-0.1, -0.05) is 0 Å². The van der Waals surface area contributed by atoms with E-state index in [0.717, 1.165) is 63.8 Å². The van der Waals surface area contributed by atoms with E-state index in [9.17, 15) is 8.42 Å². The maximum Gasteiger partial charge on any atom is 0.209 e. The van der Waals surface area contributed by atoms with Crippen LogP contribution >= 0.6 is 0 Å². The van der Waals surface area contributed by atoms with Crippen LogP contribution in [0.5, 0.6) is 0 Å². The molecule has 0 spiro atoms. The molecule has 0 saturated carbocycles. The number of aromatic nitrogens is 2. The van der Waals surface area contributed by atoms with E-state index in [2.05, 4.69) is 19.2 Å². The third kappa shape index (κ3) is 4.07. The molecule has 1 saturated heterocycles. The number of imidazole rings is 1. The molecule has 1 aromatic rings. The van der Waals surface area contributed by atoms with Gasteiger partial charge in [0, 0.05) is 45.4 Å². The van der Waals surface area contributed by atoms with Crippen LogP contribution in [0.3, 0.4) is 0 Å². The first kappa shape index (κ1) is 15.9. The van der Waals surface area contributed by atoms with Crippen molar-refractivity contribution in [3.63, 3.8) is 0 Å². The van der Waals surface area contributed by atoms with Crippen molar-refractivity contribution in [2.24, 2.45) is 5.92 Å². The molecule has 1 N–H and O–H groups in total. The fourth-order valence-electron chi connectivity index (χ4n) is 3.16. The largest absolute Gasteiger partial charge is 0.381 e. The first-order valence-electron chi connectivity index (χ1n) is 7.79. The Morgan fingerprint density at radius 3 is 3.00 bits per heavy atom. The molecule has 0 unspecified atom stereocenters. The van der Waals surface area contributed by atoms with E-state index < -0.39 is 10.0 Å². The highest BCUT2D eigenvalue weighted by Gasteiger charge is 2.22. The highest BCUT2D eigenvalue weighted by Crippen LogP contribution is 2.17. The summed E-state index contributed by atoms with van der Waals surface area (Å²) in [6.07, 6.45) is 5.03. The molecule has 1 aromatic heterocycles. The number of nitrogens with zero attached hydrogens (tertiary/aromatic N) is 3. The van der Waals surface area contributed by atoms with Crippen LogP contribution in [0.15, 0.2) is 6.20 Å². The van der Waals surface area contributed by atoms with E-state index in [1.54, 1.807) is 6.20 Å². The lowest BCUT2D eigenvalue weighted by Crippen LogP contribution is -2.32. The molecule has 3 rings (SSSR count). The normalized spacial score (nSPS) is 23.4. The Hall–Kier alpha value is -0.960. The third-order valence-corrected chi connectivity index (χ3v) is 5.04. The average Bonchev–Trinajstić information content (AvgIpc) is 3.04. The second-order valence-electron chi connectivity index (χ2n) is 6.19. The zero-order chi connectivity index (χ0) is 15.6. The number of sulfonamides is 1. The topological polar surface area (TPSA) is 76.5 Å². The summed E-state index contributed by atoms with van der Waals surface area (Å²) in [5.74, 6) is 1.70. The Bertz CT molecular complexity index is 608. The van der Waals surface area contributed by atoms with Crippen molar-refractivity contribution in [1.29, 1.82) is 0 Å². The second-order valence-corrected chi connectivity index (χ2v) is 8.02. The fourth-order valence-corrected chi connectivity index (χ4v) is 3.57. The van der Waals surface area contributed by atoms with E-state index in [1.165, 1.54) is 6.26 Å². The van der Waals surface area contributed by atoms with Crippen LogP contribution in [-0.4, -0.2) is 62.0 Å². The van der Waals surface area contributed by atoms with Crippen molar-refractivity contribution in [2.45, 2.75) is 25.9 Å². The lowest BCUT2D eigenvalue weighted by molar-refractivity contribution is 0.167. The molecule has 7 nitrogen and oxygen atoms in total. The average molecular weight is 328 g/mol. The van der Waals surface area contributed by atoms with Gasteiger partial charge in [0.15, 0.2) is 0 Å². The van der Waals surface area contributed by atoms with E-state index >= 15 is 0 Å². The molecular weight excluding hydrogens is 304 g/mol. The molecule has 1 atom stereocenters. The van der Waals surface area contributed by atoms with E-state index in [-0.39, 0.29) is 0 Å². The predicted octanol–water partition coefficient (Wildman–Crippen LogP) is -0.173. The van der Waals surface area contributed by atoms with Gasteiger partial charge in [0.25, 0.3) is 0 Å². The van der Waals surface area contributed by atoms with Crippen LogP contribution in [0.2, 0.25) is 0 Å². The number of fused-ring (bicyclic) bond motifs is 1. The summed E-state index contributed by atoms with van der Waals surface area (Å²) in [5.41, 5.74) is 0.937. The smallest absolute Gasteiger partial charge is 0.209 e. The van der Waals surface area contributed by atoms with Crippen LogP contribution in [0.4, 0.5) is 0 Å². The zero-order valence-corrected chi connectivity index (χ0v) is 13.8. The number of hydrogen-bond acceptors (Lipinski definition) is 5. The summed E-state index contributed by atoms with van der Waals surface area (Å²) in [7, 11) is -3.18. The van der Waals surface area contributed by atoms with E-state index in [4.69, 9.17) is 4.74 Å². The second kappa shape index (κ2) is 6.66. The molecule has 2 aliphatic heterocycles. The Kier molecular flexibility index (Phi) is 4.82. The molecule has 3 heterocycles. The van der Waals surface area contributed by atoms with Gasteiger partial charge >= 0.3 is 0 Å². The molecule has 124 valence electrons. The molecule has 1 fully saturated rings. The van der Waals surface area contributed by atoms with Crippen molar-refractivity contribution < 1.29 is 13.2 Å². The quantitative estimate of drug-likeness (QED) is 0.812. The highest BCUT2D eigenvalue weighted by atomic mass is 32.2. The molecule has 22 heavy (non-hydrogen) atoms. The fraction of sp³-hybridized carbons (Fsp3) is 0.786. The van der Waals surface area contributed by atoms with Crippen LogP contribution in [0.25, 0.3) is 0 Å². The Morgan fingerprint density at radius 2 is 2.27 bits per heavy atom. The lowest BCUT2D eigenvalue weighted by atomic mass is 10.1. The Labute approximate surface area is 131 Å². The maximum atomic E-state index is 11.2. The minimum absolute atomic E-state index is 0.308. The van der Waals surface area contributed by atoms with Gasteiger partial charge in [-0.2, -0.15) is 0 Å². The molecule has 0 amide bonds. The first-order valence-corrected chi connectivity index (χ1v) is 9.68. The lowest BCUT2D eigenvalue weighted by Gasteiger charge is -2.22. The Balaban J connectivity index is 1.60. The summed E-state index contributed by atoms with van der Waals surface area (Å²) in [5, 5.41) is 0. The molecule has 0 aromatic carbocycles. The van der Waals surface area contributed by atoms with Crippen LogP contribution in [0, 0.1) is 5.92 Å². The van der Waals surface area contributed by atoms with E-state index in [1.807, 2.05) is 0 Å². The monoisotopic (exact) mass is 328 g/mol. The van der Waals surface area contributed by atoms with Gasteiger partial charge in [0.2, 0.25) is 10.0 Å². The summed E-state index contributed by atoms with van der Waals surface area (Å²) < 4.78 is 32.6. The Morgan fingerprint density at radius 1 is 1.41 bits per heavy atom. The number of rotatable bonds is 5. The SMILES string of the molecule is CS(=O)(=O)NCc1cnc2n1CCN(C[C@H]1CCOC1)CC2. The number of ether oxygens (including phenoxy) is 1. The summed E-state index contributed by atoms with van der Waals surface area (Å²) in [6.45, 7) is 6.01. The van der Waals surface area contributed by atoms with Gasteiger partial charge in [0.1, 0.15) is 5.82 Å².